The number of phenols is 1. The van der Waals surface area contributed by atoms with Gasteiger partial charge in [-0.3, -0.25) is 30.3 Å². The molecular formula is C6H2ClN3O7. The second-order valence-corrected chi connectivity index (χ2v) is 3.08. The summed E-state index contributed by atoms with van der Waals surface area (Å²) < 4.78 is 0. The van der Waals surface area contributed by atoms with Gasteiger partial charge in [-0.2, -0.15) is 0 Å². The summed E-state index contributed by atoms with van der Waals surface area (Å²) in [6, 6.07) is 0.382. The van der Waals surface area contributed by atoms with Gasteiger partial charge >= 0.3 is 17.1 Å². The summed E-state index contributed by atoms with van der Waals surface area (Å²) in [5, 5.41) is 39.8. The van der Waals surface area contributed by atoms with Gasteiger partial charge in [-0.1, -0.05) is 11.6 Å². The Labute approximate surface area is 96.5 Å². The maximum absolute atomic E-state index is 10.6. The molecule has 0 saturated heterocycles. The Hall–Kier alpha value is -2.49. The summed E-state index contributed by atoms with van der Waals surface area (Å²) in [6.07, 6.45) is 0. The number of phenolic OH excluding ortho intramolecular Hbond substituents is 1. The van der Waals surface area contributed by atoms with E-state index in [1.165, 1.54) is 0 Å². The molecule has 0 saturated carbocycles. The van der Waals surface area contributed by atoms with Crippen molar-refractivity contribution in [3.8, 4) is 5.75 Å². The maximum Gasteiger partial charge on any atom is 0.424 e. The second-order valence-electron chi connectivity index (χ2n) is 2.70. The number of rotatable bonds is 3. The van der Waals surface area contributed by atoms with Crippen molar-refractivity contribution in [1.29, 1.82) is 0 Å². The molecule has 0 heterocycles. The van der Waals surface area contributed by atoms with Crippen molar-refractivity contribution in [3.05, 3.63) is 41.4 Å². The highest BCUT2D eigenvalue weighted by molar-refractivity contribution is 6.34. The van der Waals surface area contributed by atoms with Crippen LogP contribution in [0.2, 0.25) is 5.02 Å². The average Bonchev–Trinajstić information content (AvgIpc) is 2.19. The first-order valence-corrected chi connectivity index (χ1v) is 4.13. The number of hydrogen-bond donors (Lipinski definition) is 1. The van der Waals surface area contributed by atoms with E-state index in [1.807, 2.05) is 0 Å². The van der Waals surface area contributed by atoms with Gasteiger partial charge in [-0.05, 0) is 0 Å². The standard InChI is InChI=1S/C6H2ClN3O7/c7-4-3(11)1-2(8(12)13)5(9(14)15)6(4)10(16)17/h1,11H. The van der Waals surface area contributed by atoms with E-state index in [1.54, 1.807) is 0 Å². The summed E-state index contributed by atoms with van der Waals surface area (Å²) in [7, 11) is 0. The fourth-order valence-corrected chi connectivity index (χ4v) is 1.31. The molecule has 0 fully saturated rings. The van der Waals surface area contributed by atoms with Crippen LogP contribution in [0.25, 0.3) is 0 Å². The third kappa shape index (κ3) is 2.06. The van der Waals surface area contributed by atoms with E-state index in [2.05, 4.69) is 0 Å². The predicted octanol–water partition coefficient (Wildman–Crippen LogP) is 1.77. The number of nitro groups is 3. The van der Waals surface area contributed by atoms with E-state index < -0.39 is 42.6 Å². The average molecular weight is 264 g/mol. The Kier molecular flexibility index (Phi) is 3.09. The summed E-state index contributed by atoms with van der Waals surface area (Å²) >= 11 is 5.30. The van der Waals surface area contributed by atoms with Crippen LogP contribution in [0.15, 0.2) is 6.07 Å². The molecule has 1 rings (SSSR count). The smallest absolute Gasteiger partial charge is 0.424 e. The van der Waals surface area contributed by atoms with Crippen molar-refractivity contribution in [2.45, 2.75) is 0 Å². The lowest BCUT2D eigenvalue weighted by Gasteiger charge is -2.00. The minimum Gasteiger partial charge on any atom is -0.506 e. The first-order chi connectivity index (χ1) is 7.77. The normalized spacial score (nSPS) is 9.94. The predicted molar refractivity (Wildman–Crippen MR) is 53.1 cm³/mol. The van der Waals surface area contributed by atoms with E-state index in [4.69, 9.17) is 16.7 Å². The lowest BCUT2D eigenvalue weighted by atomic mass is 10.2. The summed E-state index contributed by atoms with van der Waals surface area (Å²) in [5.74, 6) is -0.976. The molecule has 0 aliphatic heterocycles. The van der Waals surface area contributed by atoms with Crippen LogP contribution in [0.3, 0.4) is 0 Å². The first kappa shape index (κ1) is 12.6. The van der Waals surface area contributed by atoms with Crippen LogP contribution >= 0.6 is 11.6 Å². The zero-order valence-corrected chi connectivity index (χ0v) is 8.45. The van der Waals surface area contributed by atoms with Gasteiger partial charge in [0.2, 0.25) is 0 Å². The van der Waals surface area contributed by atoms with Gasteiger partial charge in [0.05, 0.1) is 20.8 Å². The molecule has 0 bridgehead atoms. The van der Waals surface area contributed by atoms with Crippen molar-refractivity contribution < 1.29 is 19.9 Å². The molecule has 0 aromatic heterocycles. The SMILES string of the molecule is O=[N+]([O-])c1cc(O)c(Cl)c([N+](=O)[O-])c1[N+](=O)[O-]. The lowest BCUT2D eigenvalue weighted by Crippen LogP contribution is -2.02. The summed E-state index contributed by atoms with van der Waals surface area (Å²) in [5.41, 5.74) is -3.89. The lowest BCUT2D eigenvalue weighted by molar-refractivity contribution is -0.441. The fraction of sp³-hybridized carbons (Fsp3) is 0. The van der Waals surface area contributed by atoms with E-state index in [0.29, 0.717) is 6.07 Å². The molecule has 0 aliphatic carbocycles. The first-order valence-electron chi connectivity index (χ1n) is 3.76. The summed E-state index contributed by atoms with van der Waals surface area (Å²) in [6.45, 7) is 0. The molecular weight excluding hydrogens is 262 g/mol. The molecule has 0 unspecified atom stereocenters. The highest BCUT2D eigenvalue weighted by Gasteiger charge is 2.40. The zero-order chi connectivity index (χ0) is 13.3. The van der Waals surface area contributed by atoms with Gasteiger partial charge in [-0.25, -0.2) is 0 Å². The van der Waals surface area contributed by atoms with Gasteiger partial charge in [0.15, 0.2) is 5.02 Å². The number of hydrogen-bond acceptors (Lipinski definition) is 7. The monoisotopic (exact) mass is 263 g/mol. The molecule has 1 aromatic rings. The van der Waals surface area contributed by atoms with Crippen molar-refractivity contribution in [2.24, 2.45) is 0 Å². The quantitative estimate of drug-likeness (QED) is 0.644. The molecule has 90 valence electrons. The Morgan fingerprint density at radius 3 is 1.82 bits per heavy atom. The minimum atomic E-state index is -1.37. The van der Waals surface area contributed by atoms with Gasteiger partial charge in [0, 0.05) is 0 Å². The number of benzene rings is 1. The molecule has 17 heavy (non-hydrogen) atoms. The van der Waals surface area contributed by atoms with E-state index in [0.717, 1.165) is 0 Å². The molecule has 1 N–H and O–H groups in total. The van der Waals surface area contributed by atoms with Gasteiger partial charge in [0.1, 0.15) is 5.75 Å². The van der Waals surface area contributed by atoms with Gasteiger partial charge in [0.25, 0.3) is 0 Å². The van der Waals surface area contributed by atoms with Crippen LogP contribution in [0.1, 0.15) is 0 Å². The third-order valence-corrected chi connectivity index (χ3v) is 2.11. The van der Waals surface area contributed by atoms with Crippen LogP contribution in [-0.4, -0.2) is 19.9 Å². The largest absolute Gasteiger partial charge is 0.506 e. The molecule has 0 spiro atoms. The van der Waals surface area contributed by atoms with Crippen molar-refractivity contribution >= 4 is 28.7 Å². The van der Waals surface area contributed by atoms with Gasteiger partial charge < -0.3 is 5.11 Å². The van der Waals surface area contributed by atoms with Crippen LogP contribution in [0.5, 0.6) is 5.75 Å². The van der Waals surface area contributed by atoms with Crippen LogP contribution in [-0.2, 0) is 0 Å². The molecule has 0 atom stereocenters. The topological polar surface area (TPSA) is 150 Å². The Morgan fingerprint density at radius 1 is 1.00 bits per heavy atom. The van der Waals surface area contributed by atoms with Crippen molar-refractivity contribution in [3.63, 3.8) is 0 Å². The highest BCUT2D eigenvalue weighted by atomic mass is 35.5. The summed E-state index contributed by atoms with van der Waals surface area (Å²) in [4.78, 5) is 27.8. The van der Waals surface area contributed by atoms with Gasteiger partial charge in [-0.15, -0.1) is 0 Å². The van der Waals surface area contributed by atoms with Crippen molar-refractivity contribution in [2.75, 3.05) is 0 Å². The van der Waals surface area contributed by atoms with Crippen LogP contribution in [0.4, 0.5) is 17.1 Å². The van der Waals surface area contributed by atoms with Crippen molar-refractivity contribution in [1.82, 2.24) is 0 Å². The van der Waals surface area contributed by atoms with E-state index >= 15 is 0 Å². The maximum atomic E-state index is 10.6. The number of nitro benzene ring substituents is 3. The third-order valence-electron chi connectivity index (χ3n) is 1.73. The molecule has 1 aromatic carbocycles. The Morgan fingerprint density at radius 2 is 1.47 bits per heavy atom. The van der Waals surface area contributed by atoms with Crippen LogP contribution < -0.4 is 0 Å². The minimum absolute atomic E-state index is 0.382. The fourth-order valence-electron chi connectivity index (χ4n) is 1.09. The van der Waals surface area contributed by atoms with E-state index in [9.17, 15) is 30.3 Å². The Balaban J connectivity index is 3.83. The molecule has 0 aliphatic rings. The second kappa shape index (κ2) is 4.17. The number of nitrogens with zero attached hydrogens (tertiary/aromatic N) is 3. The Bertz CT molecular complexity index is 543. The number of halogens is 1. The molecule has 10 nitrogen and oxygen atoms in total. The highest BCUT2D eigenvalue weighted by Crippen LogP contribution is 2.46. The molecule has 0 radical (unpaired) electrons. The van der Waals surface area contributed by atoms with E-state index in [-0.39, 0.29) is 0 Å². The zero-order valence-electron chi connectivity index (χ0n) is 7.69. The number of aromatic hydroxyl groups is 1. The molecule has 11 heteroatoms. The molecule has 0 amide bonds. The van der Waals surface area contributed by atoms with Crippen LogP contribution in [0, 0.1) is 30.3 Å².